The standard InChI is InChI=1S/C41H46N6O5/c1-26-21-47(27(2)25-48)41(51)33-20-31(43-39(49)19-30-23-46(4)36-12-8-5-9-32(30)36)17-18-37(33)52-38(26)24-45(3)22-28-13-15-29(16-14-28)40(50)44-35-11-7-6-10-34(35)42/h5-18,20,23,26-27,38,48H,19,21-22,24-25,42H2,1-4H3,(H,43,49)(H,44,50)/t26-,27-,38+/m1/s1. The van der Waals surface area contributed by atoms with Crippen molar-refractivity contribution in [1.29, 1.82) is 0 Å². The summed E-state index contributed by atoms with van der Waals surface area (Å²) in [6.45, 7) is 5.21. The number of hydrogen-bond donors (Lipinski definition) is 4. The van der Waals surface area contributed by atoms with Crippen LogP contribution in [0.15, 0.2) is 97.2 Å². The van der Waals surface area contributed by atoms with Crippen LogP contribution in [-0.4, -0.2) is 76.1 Å². The van der Waals surface area contributed by atoms with Crippen LogP contribution < -0.4 is 21.1 Å². The number of nitrogens with zero attached hydrogens (tertiary/aromatic N) is 3. The third-order valence-corrected chi connectivity index (χ3v) is 9.65. The summed E-state index contributed by atoms with van der Waals surface area (Å²) in [7, 11) is 3.96. The first kappa shape index (κ1) is 36.2. The molecule has 3 amide bonds. The topological polar surface area (TPSA) is 142 Å². The minimum absolute atomic E-state index is 0.0647. The SMILES string of the molecule is C[C@@H]1CN([C@H](C)CO)C(=O)c2cc(NC(=O)Cc3cn(C)c4ccccc34)ccc2O[C@H]1CN(C)Cc1ccc(C(=O)Nc2ccccc2N)cc1. The number of anilines is 3. The summed E-state index contributed by atoms with van der Waals surface area (Å²) in [6.07, 6.45) is 1.85. The monoisotopic (exact) mass is 702 g/mol. The first-order valence-corrected chi connectivity index (χ1v) is 17.5. The summed E-state index contributed by atoms with van der Waals surface area (Å²) in [4.78, 5) is 43.8. The highest BCUT2D eigenvalue weighted by molar-refractivity contribution is 6.05. The number of hydrogen-bond acceptors (Lipinski definition) is 7. The Morgan fingerprint density at radius 2 is 1.75 bits per heavy atom. The molecule has 2 heterocycles. The zero-order chi connectivity index (χ0) is 36.9. The fourth-order valence-electron chi connectivity index (χ4n) is 6.71. The highest BCUT2D eigenvalue weighted by Gasteiger charge is 2.33. The maximum absolute atomic E-state index is 14.0. The molecular weight excluding hydrogens is 656 g/mol. The Labute approximate surface area is 304 Å². The van der Waals surface area contributed by atoms with Crippen molar-refractivity contribution in [2.24, 2.45) is 13.0 Å². The molecule has 0 fully saturated rings. The number of aromatic nitrogens is 1. The van der Waals surface area contributed by atoms with Crippen LogP contribution in [0.25, 0.3) is 10.9 Å². The minimum atomic E-state index is -0.419. The molecule has 0 radical (unpaired) electrons. The number of fused-ring (bicyclic) bond motifs is 2. The van der Waals surface area contributed by atoms with Gasteiger partial charge >= 0.3 is 0 Å². The van der Waals surface area contributed by atoms with Gasteiger partial charge in [0.25, 0.3) is 11.8 Å². The predicted molar refractivity (Wildman–Crippen MR) is 204 cm³/mol. The number of aliphatic hydroxyl groups is 1. The van der Waals surface area contributed by atoms with Crippen molar-refractivity contribution < 1.29 is 24.2 Å². The molecule has 11 nitrogen and oxygen atoms in total. The molecule has 0 aliphatic carbocycles. The molecule has 1 aromatic heterocycles. The second kappa shape index (κ2) is 15.7. The van der Waals surface area contributed by atoms with Crippen molar-refractivity contribution in [3.63, 3.8) is 0 Å². The molecule has 0 unspecified atom stereocenters. The van der Waals surface area contributed by atoms with Crippen LogP contribution >= 0.6 is 0 Å². The lowest BCUT2D eigenvalue weighted by molar-refractivity contribution is -0.115. The number of nitrogens with two attached hydrogens (primary N) is 1. The van der Waals surface area contributed by atoms with Gasteiger partial charge in [0.15, 0.2) is 0 Å². The summed E-state index contributed by atoms with van der Waals surface area (Å²) in [5, 5.41) is 16.9. The highest BCUT2D eigenvalue weighted by atomic mass is 16.5. The van der Waals surface area contributed by atoms with Gasteiger partial charge in [-0.05, 0) is 73.6 Å². The van der Waals surface area contributed by atoms with Gasteiger partial charge in [0, 0.05) is 61.0 Å². The number of nitrogen functional groups attached to an aromatic ring is 1. The van der Waals surface area contributed by atoms with Crippen molar-refractivity contribution in [2.45, 2.75) is 39.0 Å². The van der Waals surface area contributed by atoms with Gasteiger partial charge in [-0.1, -0.05) is 49.4 Å². The number of ether oxygens (including phenoxy) is 1. The van der Waals surface area contributed by atoms with Crippen molar-refractivity contribution >= 4 is 45.7 Å². The average molecular weight is 703 g/mol. The molecule has 0 spiro atoms. The van der Waals surface area contributed by atoms with E-state index < -0.39 is 6.04 Å². The molecule has 5 aromatic rings. The van der Waals surface area contributed by atoms with Crippen LogP contribution in [0.1, 0.15) is 45.7 Å². The summed E-state index contributed by atoms with van der Waals surface area (Å²) in [6, 6.07) is 27.3. The van der Waals surface area contributed by atoms with Crippen molar-refractivity contribution in [2.75, 3.05) is 43.1 Å². The number of carbonyl (C=O) groups excluding carboxylic acids is 3. The highest BCUT2D eigenvalue weighted by Crippen LogP contribution is 2.31. The summed E-state index contributed by atoms with van der Waals surface area (Å²) in [5.74, 6) is -0.341. The Morgan fingerprint density at radius 1 is 1.02 bits per heavy atom. The van der Waals surface area contributed by atoms with Gasteiger partial charge in [0.1, 0.15) is 11.9 Å². The number of aliphatic hydroxyl groups excluding tert-OH is 1. The fraction of sp³-hybridized carbons (Fsp3) is 0.293. The van der Waals surface area contributed by atoms with E-state index >= 15 is 0 Å². The van der Waals surface area contributed by atoms with E-state index in [1.165, 1.54) is 0 Å². The molecule has 52 heavy (non-hydrogen) atoms. The number of amides is 3. The lowest BCUT2D eigenvalue weighted by Crippen LogP contribution is -2.49. The largest absolute Gasteiger partial charge is 0.488 e. The second-order valence-electron chi connectivity index (χ2n) is 13.8. The number of carbonyl (C=O) groups is 3. The van der Waals surface area contributed by atoms with Crippen LogP contribution in [0, 0.1) is 5.92 Å². The molecular formula is C41H46N6O5. The van der Waals surface area contributed by atoms with Gasteiger partial charge in [-0.2, -0.15) is 0 Å². The number of para-hydroxylation sites is 3. The third-order valence-electron chi connectivity index (χ3n) is 9.65. The molecule has 0 bridgehead atoms. The molecule has 0 saturated heterocycles. The predicted octanol–water partition coefficient (Wildman–Crippen LogP) is 5.55. The van der Waals surface area contributed by atoms with Gasteiger partial charge in [0.2, 0.25) is 5.91 Å². The summed E-state index contributed by atoms with van der Waals surface area (Å²) >= 11 is 0. The zero-order valence-corrected chi connectivity index (χ0v) is 30.0. The second-order valence-corrected chi connectivity index (χ2v) is 13.8. The molecule has 1 aliphatic rings. The van der Waals surface area contributed by atoms with E-state index in [2.05, 4.69) is 15.5 Å². The molecule has 6 rings (SSSR count). The fourth-order valence-corrected chi connectivity index (χ4v) is 6.71. The normalized spacial score (nSPS) is 16.5. The number of benzene rings is 4. The van der Waals surface area contributed by atoms with E-state index in [-0.39, 0.29) is 42.8 Å². The van der Waals surface area contributed by atoms with Gasteiger partial charge in [-0.3, -0.25) is 19.3 Å². The van der Waals surface area contributed by atoms with Gasteiger partial charge in [-0.15, -0.1) is 0 Å². The number of likely N-dealkylation sites (N-methyl/N-ethyl adjacent to an activating group) is 1. The lowest BCUT2D eigenvalue weighted by Gasteiger charge is -2.38. The maximum Gasteiger partial charge on any atom is 0.258 e. The molecule has 11 heteroatoms. The van der Waals surface area contributed by atoms with E-state index in [0.29, 0.717) is 53.6 Å². The number of aryl methyl sites for hydroxylation is 1. The maximum atomic E-state index is 14.0. The molecule has 270 valence electrons. The Morgan fingerprint density at radius 3 is 2.50 bits per heavy atom. The van der Waals surface area contributed by atoms with Crippen molar-refractivity contribution in [3.8, 4) is 5.75 Å². The minimum Gasteiger partial charge on any atom is -0.488 e. The van der Waals surface area contributed by atoms with Gasteiger partial charge in [-0.25, -0.2) is 0 Å². The first-order valence-electron chi connectivity index (χ1n) is 17.5. The summed E-state index contributed by atoms with van der Waals surface area (Å²) < 4.78 is 8.59. The number of nitrogens with one attached hydrogen (secondary N) is 2. The molecule has 4 aromatic carbocycles. The Kier molecular flexibility index (Phi) is 10.9. The van der Waals surface area contributed by atoms with E-state index in [9.17, 15) is 19.5 Å². The van der Waals surface area contributed by atoms with Gasteiger partial charge in [0.05, 0.1) is 36.0 Å². The first-order chi connectivity index (χ1) is 25.0. The van der Waals surface area contributed by atoms with E-state index in [1.54, 1.807) is 47.4 Å². The Balaban J connectivity index is 1.15. The molecule has 3 atom stereocenters. The Hall–Kier alpha value is -5.65. The average Bonchev–Trinajstić information content (AvgIpc) is 3.45. The molecule has 5 N–H and O–H groups in total. The van der Waals surface area contributed by atoms with Crippen LogP contribution in [0.4, 0.5) is 17.1 Å². The lowest BCUT2D eigenvalue weighted by atomic mass is 9.99. The Bertz CT molecular complexity index is 2080. The van der Waals surface area contributed by atoms with Gasteiger partial charge < -0.3 is 35.7 Å². The van der Waals surface area contributed by atoms with Crippen LogP contribution in [0.5, 0.6) is 5.75 Å². The van der Waals surface area contributed by atoms with E-state index in [1.807, 2.05) is 87.2 Å². The van der Waals surface area contributed by atoms with Crippen molar-refractivity contribution in [1.82, 2.24) is 14.4 Å². The van der Waals surface area contributed by atoms with Crippen molar-refractivity contribution in [3.05, 3.63) is 119 Å². The molecule has 0 saturated carbocycles. The van der Waals surface area contributed by atoms with Crippen LogP contribution in [-0.2, 0) is 24.8 Å². The van der Waals surface area contributed by atoms with Crippen LogP contribution in [0.3, 0.4) is 0 Å². The zero-order valence-electron chi connectivity index (χ0n) is 30.0. The van der Waals surface area contributed by atoms with Crippen LogP contribution in [0.2, 0.25) is 0 Å². The smallest absolute Gasteiger partial charge is 0.258 e. The third kappa shape index (κ3) is 8.11. The quantitative estimate of drug-likeness (QED) is 0.132. The number of rotatable bonds is 11. The molecule has 1 aliphatic heterocycles. The van der Waals surface area contributed by atoms with E-state index in [0.717, 1.165) is 22.0 Å². The summed E-state index contributed by atoms with van der Waals surface area (Å²) in [5.41, 5.74) is 11.4. The van der Waals surface area contributed by atoms with E-state index in [4.69, 9.17) is 10.5 Å².